The molecule has 0 aliphatic heterocycles. The van der Waals surface area contributed by atoms with E-state index in [0.717, 1.165) is 5.92 Å². The second-order valence-electron chi connectivity index (χ2n) is 5.65. The third-order valence-electron chi connectivity index (χ3n) is 3.60. The number of thiazole rings is 1. The molecule has 3 heteroatoms. The summed E-state index contributed by atoms with van der Waals surface area (Å²) in [5.74, 6) is 1.42. The van der Waals surface area contributed by atoms with E-state index in [9.17, 15) is 0 Å². The van der Waals surface area contributed by atoms with Crippen LogP contribution in [-0.4, -0.2) is 12.0 Å². The number of aryl methyl sites for hydroxylation is 2. The van der Waals surface area contributed by atoms with Gasteiger partial charge in [-0.1, -0.05) is 20.8 Å². The number of hydrogen-bond donors (Lipinski definition) is 1. The van der Waals surface area contributed by atoms with Crippen molar-refractivity contribution in [2.24, 2.45) is 11.8 Å². The maximum Gasteiger partial charge on any atom is 0.110 e. The van der Waals surface area contributed by atoms with Gasteiger partial charge in [-0.05, 0) is 44.6 Å². The predicted molar refractivity (Wildman–Crippen MR) is 74.6 cm³/mol. The summed E-state index contributed by atoms with van der Waals surface area (Å²) in [7, 11) is 2.06. The highest BCUT2D eigenvalue weighted by Crippen LogP contribution is 2.34. The molecule has 96 valence electrons. The molecule has 1 aromatic rings. The molecule has 0 saturated heterocycles. The van der Waals surface area contributed by atoms with Crippen molar-refractivity contribution in [2.45, 2.75) is 52.5 Å². The van der Waals surface area contributed by atoms with Crippen LogP contribution < -0.4 is 5.32 Å². The van der Waals surface area contributed by atoms with Crippen LogP contribution in [0.4, 0.5) is 0 Å². The highest BCUT2D eigenvalue weighted by molar-refractivity contribution is 7.11. The van der Waals surface area contributed by atoms with Crippen LogP contribution in [0.2, 0.25) is 0 Å². The predicted octanol–water partition coefficient (Wildman–Crippen LogP) is 3.57. The quantitative estimate of drug-likeness (QED) is 0.866. The molecule has 0 bridgehead atoms. The van der Waals surface area contributed by atoms with E-state index in [0.29, 0.717) is 12.0 Å². The zero-order valence-corrected chi connectivity index (χ0v) is 12.2. The van der Waals surface area contributed by atoms with E-state index in [1.54, 1.807) is 0 Å². The fourth-order valence-corrected chi connectivity index (χ4v) is 4.27. The number of rotatable bonds is 5. The molecule has 1 aromatic heterocycles. The molecule has 2 atom stereocenters. The first-order chi connectivity index (χ1) is 8.11. The van der Waals surface area contributed by atoms with E-state index in [1.165, 1.54) is 41.3 Å². The second kappa shape index (κ2) is 5.49. The van der Waals surface area contributed by atoms with Gasteiger partial charge in [0.25, 0.3) is 0 Å². The van der Waals surface area contributed by atoms with Gasteiger partial charge in [-0.3, -0.25) is 0 Å². The average molecular weight is 252 g/mol. The lowest BCUT2D eigenvalue weighted by Gasteiger charge is -2.23. The Morgan fingerprint density at radius 3 is 2.65 bits per heavy atom. The summed E-state index contributed by atoms with van der Waals surface area (Å²) in [6.07, 6.45) is 5.01. The van der Waals surface area contributed by atoms with E-state index in [-0.39, 0.29) is 0 Å². The Kier molecular flexibility index (Phi) is 4.21. The molecule has 0 radical (unpaired) electrons. The van der Waals surface area contributed by atoms with Gasteiger partial charge in [-0.15, -0.1) is 11.3 Å². The molecule has 17 heavy (non-hydrogen) atoms. The Morgan fingerprint density at radius 1 is 1.29 bits per heavy atom. The topological polar surface area (TPSA) is 24.9 Å². The number of nitrogens with zero attached hydrogens (tertiary/aromatic N) is 1. The Labute approximate surface area is 109 Å². The zero-order chi connectivity index (χ0) is 12.4. The summed E-state index contributed by atoms with van der Waals surface area (Å²) in [6, 6.07) is 0.438. The number of aromatic nitrogens is 1. The van der Waals surface area contributed by atoms with Crippen molar-refractivity contribution < 1.29 is 0 Å². The molecule has 0 fully saturated rings. The number of fused-ring (bicyclic) bond motifs is 1. The van der Waals surface area contributed by atoms with E-state index in [4.69, 9.17) is 4.98 Å². The zero-order valence-electron chi connectivity index (χ0n) is 11.4. The highest BCUT2D eigenvalue weighted by Gasteiger charge is 2.25. The molecular weight excluding hydrogens is 228 g/mol. The summed E-state index contributed by atoms with van der Waals surface area (Å²) in [5.41, 5.74) is 1.38. The minimum absolute atomic E-state index is 0.438. The molecule has 1 aliphatic carbocycles. The van der Waals surface area contributed by atoms with Crippen molar-refractivity contribution in [2.75, 3.05) is 7.05 Å². The Morgan fingerprint density at radius 2 is 2.06 bits per heavy atom. The SMILES string of the molecule is CNC(c1nc2c(s1)CCC2)C(C)CC(C)C. The third kappa shape index (κ3) is 2.89. The molecule has 0 saturated carbocycles. The Balaban J connectivity index is 2.11. The number of nitrogens with one attached hydrogen (secondary N) is 1. The summed E-state index contributed by atoms with van der Waals surface area (Å²) < 4.78 is 0. The first kappa shape index (κ1) is 13.0. The van der Waals surface area contributed by atoms with Crippen molar-refractivity contribution >= 4 is 11.3 Å². The third-order valence-corrected chi connectivity index (χ3v) is 4.84. The summed E-state index contributed by atoms with van der Waals surface area (Å²) in [5, 5.41) is 4.77. The van der Waals surface area contributed by atoms with Crippen LogP contribution in [0.25, 0.3) is 0 Å². The van der Waals surface area contributed by atoms with Crippen molar-refractivity contribution in [1.29, 1.82) is 0 Å². The molecule has 1 aliphatic rings. The van der Waals surface area contributed by atoms with Crippen LogP contribution in [0.5, 0.6) is 0 Å². The molecule has 0 spiro atoms. The Bertz CT molecular complexity index is 349. The van der Waals surface area contributed by atoms with E-state index >= 15 is 0 Å². The first-order valence-electron chi connectivity index (χ1n) is 6.77. The van der Waals surface area contributed by atoms with Gasteiger partial charge in [-0.25, -0.2) is 4.98 Å². The summed E-state index contributed by atoms with van der Waals surface area (Å²) in [4.78, 5) is 6.39. The minimum atomic E-state index is 0.438. The molecule has 2 rings (SSSR count). The van der Waals surface area contributed by atoms with Crippen LogP contribution in [0.1, 0.15) is 55.2 Å². The van der Waals surface area contributed by atoms with Crippen LogP contribution in [0, 0.1) is 11.8 Å². The lowest BCUT2D eigenvalue weighted by atomic mass is 9.92. The van der Waals surface area contributed by atoms with Gasteiger partial charge in [0.05, 0.1) is 11.7 Å². The van der Waals surface area contributed by atoms with Crippen molar-refractivity contribution in [1.82, 2.24) is 10.3 Å². The Hall–Kier alpha value is -0.410. The average Bonchev–Trinajstić information content (AvgIpc) is 2.77. The number of hydrogen-bond acceptors (Lipinski definition) is 3. The van der Waals surface area contributed by atoms with Gasteiger partial charge in [-0.2, -0.15) is 0 Å². The van der Waals surface area contributed by atoms with Crippen molar-refractivity contribution in [3.63, 3.8) is 0 Å². The highest BCUT2D eigenvalue weighted by atomic mass is 32.1. The standard InChI is InChI=1S/C14H24N2S/c1-9(2)8-10(3)13(15-4)14-16-11-6-5-7-12(11)17-14/h9-10,13,15H,5-8H2,1-4H3. The largest absolute Gasteiger partial charge is 0.311 e. The second-order valence-corrected chi connectivity index (χ2v) is 6.76. The normalized spacial score (nSPS) is 18.4. The van der Waals surface area contributed by atoms with Gasteiger partial charge >= 0.3 is 0 Å². The van der Waals surface area contributed by atoms with E-state index in [1.807, 2.05) is 11.3 Å². The van der Waals surface area contributed by atoms with Crippen LogP contribution in [0.3, 0.4) is 0 Å². The molecule has 0 aromatic carbocycles. The molecule has 0 amide bonds. The van der Waals surface area contributed by atoms with Gasteiger partial charge < -0.3 is 5.32 Å². The van der Waals surface area contributed by atoms with Crippen molar-refractivity contribution in [3.8, 4) is 0 Å². The molecule has 1 N–H and O–H groups in total. The summed E-state index contributed by atoms with van der Waals surface area (Å²) in [6.45, 7) is 6.93. The van der Waals surface area contributed by atoms with E-state index in [2.05, 4.69) is 33.1 Å². The molecule has 2 nitrogen and oxygen atoms in total. The molecular formula is C14H24N2S. The van der Waals surface area contributed by atoms with Crippen LogP contribution in [-0.2, 0) is 12.8 Å². The van der Waals surface area contributed by atoms with E-state index < -0.39 is 0 Å². The first-order valence-corrected chi connectivity index (χ1v) is 7.59. The van der Waals surface area contributed by atoms with Gasteiger partial charge in [0.2, 0.25) is 0 Å². The lowest BCUT2D eigenvalue weighted by molar-refractivity contribution is 0.342. The maximum absolute atomic E-state index is 4.85. The fraction of sp³-hybridized carbons (Fsp3) is 0.786. The summed E-state index contributed by atoms with van der Waals surface area (Å²) >= 11 is 1.94. The molecule has 1 heterocycles. The van der Waals surface area contributed by atoms with Crippen molar-refractivity contribution in [3.05, 3.63) is 15.6 Å². The lowest BCUT2D eigenvalue weighted by Crippen LogP contribution is -2.24. The monoisotopic (exact) mass is 252 g/mol. The van der Waals surface area contributed by atoms with Gasteiger partial charge in [0.15, 0.2) is 0 Å². The maximum atomic E-state index is 4.85. The minimum Gasteiger partial charge on any atom is -0.311 e. The fourth-order valence-electron chi connectivity index (χ4n) is 2.87. The smallest absolute Gasteiger partial charge is 0.110 e. The molecule has 2 unspecified atom stereocenters. The van der Waals surface area contributed by atoms with Crippen LogP contribution >= 0.6 is 11.3 Å². The van der Waals surface area contributed by atoms with Gasteiger partial charge in [0, 0.05) is 4.88 Å². The van der Waals surface area contributed by atoms with Crippen LogP contribution in [0.15, 0.2) is 0 Å². The van der Waals surface area contributed by atoms with Gasteiger partial charge in [0.1, 0.15) is 5.01 Å².